The number of hydrogen-bond donors (Lipinski definition) is 0. The van der Waals surface area contributed by atoms with Gasteiger partial charge in [0.2, 0.25) is 0 Å². The van der Waals surface area contributed by atoms with Gasteiger partial charge in [-0.3, -0.25) is 9.78 Å². The summed E-state index contributed by atoms with van der Waals surface area (Å²) in [6.45, 7) is 0. The summed E-state index contributed by atoms with van der Waals surface area (Å²) < 4.78 is 1.10. The highest BCUT2D eigenvalue weighted by molar-refractivity contribution is 9.10. The molecule has 0 aliphatic heterocycles. The predicted molar refractivity (Wildman–Crippen MR) is 89.7 cm³/mol. The molecule has 2 aliphatic rings. The van der Waals surface area contributed by atoms with Crippen molar-refractivity contribution in [3.05, 3.63) is 76.5 Å². The summed E-state index contributed by atoms with van der Waals surface area (Å²) >= 11 is 3.66. The summed E-state index contributed by atoms with van der Waals surface area (Å²) in [4.78, 5) is 17.3. The van der Waals surface area contributed by atoms with Crippen LogP contribution in [-0.4, -0.2) is 10.8 Å². The fourth-order valence-corrected chi connectivity index (χ4v) is 4.58. The average molecular weight is 354 g/mol. The highest BCUT2D eigenvalue weighted by Crippen LogP contribution is 2.54. The maximum absolute atomic E-state index is 13.0. The number of carbonyl (C=O) groups is 1. The normalized spacial score (nSPS) is 29.0. The van der Waals surface area contributed by atoms with E-state index in [4.69, 9.17) is 0 Å². The van der Waals surface area contributed by atoms with E-state index in [9.17, 15) is 4.79 Å². The first-order valence-corrected chi connectivity index (χ1v) is 8.43. The molecule has 4 atom stereocenters. The quantitative estimate of drug-likeness (QED) is 0.594. The van der Waals surface area contributed by atoms with E-state index < -0.39 is 0 Å². The van der Waals surface area contributed by atoms with Crippen LogP contribution in [0.1, 0.15) is 28.4 Å². The molecule has 2 bridgehead atoms. The number of benzene rings is 1. The highest BCUT2D eigenvalue weighted by Gasteiger charge is 2.49. The Morgan fingerprint density at radius 1 is 1.05 bits per heavy atom. The maximum atomic E-state index is 13.0. The van der Waals surface area contributed by atoms with E-state index >= 15 is 0 Å². The van der Waals surface area contributed by atoms with Crippen LogP contribution in [0.25, 0.3) is 0 Å². The monoisotopic (exact) mass is 353 g/mol. The van der Waals surface area contributed by atoms with Crippen molar-refractivity contribution in [2.45, 2.75) is 12.3 Å². The van der Waals surface area contributed by atoms with Gasteiger partial charge >= 0.3 is 0 Å². The number of Topliss-reactive ketones (excluding diaryl/α,β-unsaturated/α-hetero) is 1. The smallest absolute Gasteiger partial charge is 0.185 e. The van der Waals surface area contributed by atoms with Crippen LogP contribution in [0.4, 0.5) is 0 Å². The van der Waals surface area contributed by atoms with Gasteiger partial charge in [0.25, 0.3) is 0 Å². The number of ketones is 1. The summed E-state index contributed by atoms with van der Waals surface area (Å²) in [7, 11) is 0. The van der Waals surface area contributed by atoms with Crippen LogP contribution in [0, 0.1) is 17.8 Å². The number of carbonyl (C=O) groups excluding carboxylic acids is 1. The van der Waals surface area contributed by atoms with Crippen molar-refractivity contribution in [1.29, 1.82) is 0 Å². The second kappa shape index (κ2) is 5.47. The number of pyridine rings is 1. The molecule has 2 nitrogen and oxygen atoms in total. The zero-order chi connectivity index (χ0) is 15.1. The topological polar surface area (TPSA) is 30.0 Å². The van der Waals surface area contributed by atoms with Gasteiger partial charge in [-0.05, 0) is 42.0 Å². The van der Waals surface area contributed by atoms with E-state index in [0.717, 1.165) is 10.9 Å². The van der Waals surface area contributed by atoms with Gasteiger partial charge < -0.3 is 0 Å². The van der Waals surface area contributed by atoms with Crippen LogP contribution in [0.3, 0.4) is 0 Å². The number of halogens is 1. The Kier molecular flexibility index (Phi) is 3.45. The molecule has 1 aromatic heterocycles. The first kappa shape index (κ1) is 13.9. The van der Waals surface area contributed by atoms with Crippen LogP contribution in [-0.2, 0) is 0 Å². The lowest BCUT2D eigenvalue weighted by Gasteiger charge is -2.28. The minimum atomic E-state index is 0.00333. The Balaban J connectivity index is 1.76. The third-order valence-electron chi connectivity index (χ3n) is 4.94. The predicted octanol–water partition coefficient (Wildman–Crippen LogP) is 4.63. The molecule has 1 saturated carbocycles. The third-order valence-corrected chi connectivity index (χ3v) is 5.67. The summed E-state index contributed by atoms with van der Waals surface area (Å²) in [6, 6.07) is 13.8. The van der Waals surface area contributed by atoms with E-state index in [-0.39, 0.29) is 17.6 Å². The average Bonchev–Trinajstić information content (AvgIpc) is 3.16. The molecule has 1 fully saturated rings. The number of hydrogen-bond acceptors (Lipinski definition) is 2. The fraction of sp³-hybridized carbons (Fsp3) is 0.263. The summed E-state index contributed by atoms with van der Waals surface area (Å²) in [5.74, 6) is 1.24. The van der Waals surface area contributed by atoms with Crippen molar-refractivity contribution in [2.24, 2.45) is 17.8 Å². The van der Waals surface area contributed by atoms with Gasteiger partial charge in [-0.1, -0.05) is 52.3 Å². The Morgan fingerprint density at radius 3 is 2.59 bits per heavy atom. The molecule has 0 saturated heterocycles. The van der Waals surface area contributed by atoms with Gasteiger partial charge in [0.05, 0.1) is 0 Å². The van der Waals surface area contributed by atoms with Crippen molar-refractivity contribution < 1.29 is 4.79 Å². The SMILES string of the molecule is O=C(c1ccccn1)[C@@H]1[C@@H](c2ccccc2Br)[C@@H]2C=C[C@H]1C2. The first-order valence-electron chi connectivity index (χ1n) is 7.63. The number of rotatable bonds is 3. The molecule has 2 aliphatic carbocycles. The van der Waals surface area contributed by atoms with Gasteiger partial charge in [-0.15, -0.1) is 0 Å². The van der Waals surface area contributed by atoms with E-state index in [1.54, 1.807) is 6.20 Å². The summed E-state index contributed by atoms with van der Waals surface area (Å²) in [6.07, 6.45) is 7.29. The molecule has 1 aromatic carbocycles. The summed E-state index contributed by atoms with van der Waals surface area (Å²) in [5, 5.41) is 0. The number of allylic oxidation sites excluding steroid dienone is 2. The summed E-state index contributed by atoms with van der Waals surface area (Å²) in [5.41, 5.74) is 1.83. The van der Waals surface area contributed by atoms with E-state index in [1.165, 1.54) is 5.56 Å². The first-order chi connectivity index (χ1) is 10.8. The standard InChI is InChI=1S/C19H16BrNO/c20-15-6-2-1-5-14(15)17-12-8-9-13(11-12)18(17)19(22)16-7-3-4-10-21-16/h1-10,12-13,17-18H,11H2/t12-,13+,17-,18+/m1/s1. The third kappa shape index (κ3) is 2.15. The highest BCUT2D eigenvalue weighted by atomic mass is 79.9. The lowest BCUT2D eigenvalue weighted by molar-refractivity contribution is 0.0881. The Hall–Kier alpha value is -1.74. The second-order valence-electron chi connectivity index (χ2n) is 6.10. The van der Waals surface area contributed by atoms with Crippen LogP contribution < -0.4 is 0 Å². The van der Waals surface area contributed by atoms with Crippen LogP contribution in [0.2, 0.25) is 0 Å². The molecule has 0 amide bonds. The Labute approximate surface area is 138 Å². The van der Waals surface area contributed by atoms with Crippen molar-refractivity contribution in [2.75, 3.05) is 0 Å². The zero-order valence-electron chi connectivity index (χ0n) is 12.0. The maximum Gasteiger partial charge on any atom is 0.185 e. The second-order valence-corrected chi connectivity index (χ2v) is 6.95. The van der Waals surface area contributed by atoms with Crippen LogP contribution in [0.5, 0.6) is 0 Å². The molecule has 0 spiro atoms. The molecule has 0 radical (unpaired) electrons. The van der Waals surface area contributed by atoms with Gasteiger partial charge in [0, 0.05) is 22.5 Å². The number of fused-ring (bicyclic) bond motifs is 2. The van der Waals surface area contributed by atoms with Crippen molar-refractivity contribution >= 4 is 21.7 Å². The number of aromatic nitrogens is 1. The molecule has 1 heterocycles. The number of nitrogens with zero attached hydrogens (tertiary/aromatic N) is 1. The van der Waals surface area contributed by atoms with Crippen molar-refractivity contribution in [3.8, 4) is 0 Å². The minimum Gasteiger partial charge on any atom is -0.292 e. The molecule has 4 rings (SSSR count). The van der Waals surface area contributed by atoms with Gasteiger partial charge in [0.15, 0.2) is 5.78 Å². The largest absolute Gasteiger partial charge is 0.292 e. The molecular weight excluding hydrogens is 338 g/mol. The molecular formula is C19H16BrNO. The van der Waals surface area contributed by atoms with E-state index in [1.807, 2.05) is 24.3 Å². The minimum absolute atomic E-state index is 0.00333. The molecule has 0 N–H and O–H groups in total. The molecule has 0 unspecified atom stereocenters. The Morgan fingerprint density at radius 2 is 1.82 bits per heavy atom. The van der Waals surface area contributed by atoms with E-state index in [0.29, 0.717) is 17.5 Å². The van der Waals surface area contributed by atoms with E-state index in [2.05, 4.69) is 51.3 Å². The molecule has 3 heteroatoms. The van der Waals surface area contributed by atoms with Gasteiger partial charge in [-0.2, -0.15) is 0 Å². The molecule has 22 heavy (non-hydrogen) atoms. The molecule has 110 valence electrons. The van der Waals surface area contributed by atoms with Crippen molar-refractivity contribution in [1.82, 2.24) is 4.98 Å². The lowest BCUT2D eigenvalue weighted by Crippen LogP contribution is -2.27. The Bertz CT molecular complexity index is 740. The van der Waals surface area contributed by atoms with Crippen molar-refractivity contribution in [3.63, 3.8) is 0 Å². The van der Waals surface area contributed by atoms with Gasteiger partial charge in [0.1, 0.15) is 5.69 Å². The van der Waals surface area contributed by atoms with Gasteiger partial charge in [-0.25, -0.2) is 0 Å². The van der Waals surface area contributed by atoms with Crippen LogP contribution in [0.15, 0.2) is 65.3 Å². The zero-order valence-corrected chi connectivity index (χ0v) is 13.6. The fourth-order valence-electron chi connectivity index (χ4n) is 4.03. The molecule has 2 aromatic rings. The lowest BCUT2D eigenvalue weighted by atomic mass is 9.75. The van der Waals surface area contributed by atoms with Crippen LogP contribution >= 0.6 is 15.9 Å².